The van der Waals surface area contributed by atoms with Crippen LogP contribution in [0.3, 0.4) is 0 Å². The Morgan fingerprint density at radius 1 is 1.22 bits per heavy atom. The van der Waals surface area contributed by atoms with E-state index in [4.69, 9.17) is 14.7 Å². The summed E-state index contributed by atoms with van der Waals surface area (Å²) < 4.78 is 11.9. The summed E-state index contributed by atoms with van der Waals surface area (Å²) in [6.07, 6.45) is 7.99. The monoisotopic (exact) mass is 251 g/mol. The van der Waals surface area contributed by atoms with E-state index in [-0.39, 0.29) is 11.9 Å². The quantitative estimate of drug-likeness (QED) is 0.766. The second-order valence-corrected chi connectivity index (χ2v) is 6.60. The van der Waals surface area contributed by atoms with Gasteiger partial charge in [0.1, 0.15) is 0 Å². The summed E-state index contributed by atoms with van der Waals surface area (Å²) >= 11 is 0. The van der Waals surface area contributed by atoms with E-state index in [1.807, 2.05) is 0 Å². The van der Waals surface area contributed by atoms with Crippen molar-refractivity contribution in [3.05, 3.63) is 0 Å². The smallest absolute Gasteiger partial charge is 0.158 e. The number of nitriles is 1. The van der Waals surface area contributed by atoms with E-state index in [2.05, 4.69) is 19.9 Å². The molecular formula is C15H25NO2. The van der Waals surface area contributed by atoms with Gasteiger partial charge in [0.05, 0.1) is 18.1 Å². The van der Waals surface area contributed by atoms with Gasteiger partial charge >= 0.3 is 0 Å². The number of ether oxygens (including phenoxy) is 2. The van der Waals surface area contributed by atoms with Crippen LogP contribution in [0.5, 0.6) is 0 Å². The van der Waals surface area contributed by atoms with Gasteiger partial charge in [0, 0.05) is 6.61 Å². The van der Waals surface area contributed by atoms with Crippen LogP contribution in [0.25, 0.3) is 0 Å². The predicted molar refractivity (Wildman–Crippen MR) is 69.9 cm³/mol. The zero-order chi connectivity index (χ0) is 13.1. The van der Waals surface area contributed by atoms with Crippen LogP contribution in [0.1, 0.15) is 65.2 Å². The van der Waals surface area contributed by atoms with Crippen LogP contribution in [0.4, 0.5) is 0 Å². The van der Waals surface area contributed by atoms with Crippen molar-refractivity contribution >= 4 is 0 Å². The lowest BCUT2D eigenvalue weighted by atomic mass is 9.70. The van der Waals surface area contributed by atoms with Crippen LogP contribution >= 0.6 is 0 Å². The molecule has 0 spiro atoms. The summed E-state index contributed by atoms with van der Waals surface area (Å²) in [7, 11) is 0. The minimum absolute atomic E-state index is 0.0756. The minimum Gasteiger partial charge on any atom is -0.353 e. The Kier molecular flexibility index (Phi) is 4.29. The Balaban J connectivity index is 1.96. The van der Waals surface area contributed by atoms with Gasteiger partial charge in [-0.1, -0.05) is 13.8 Å². The first-order valence-corrected chi connectivity index (χ1v) is 7.22. The van der Waals surface area contributed by atoms with E-state index < -0.39 is 0 Å². The molecule has 0 amide bonds. The summed E-state index contributed by atoms with van der Waals surface area (Å²) in [6, 6.07) is 2.31. The van der Waals surface area contributed by atoms with Crippen LogP contribution in [-0.2, 0) is 9.47 Å². The maximum absolute atomic E-state index is 9.07. The maximum Gasteiger partial charge on any atom is 0.158 e. The van der Waals surface area contributed by atoms with Crippen LogP contribution < -0.4 is 0 Å². The molecule has 18 heavy (non-hydrogen) atoms. The average molecular weight is 251 g/mol. The van der Waals surface area contributed by atoms with Gasteiger partial charge < -0.3 is 9.47 Å². The summed E-state index contributed by atoms with van der Waals surface area (Å²) in [5.41, 5.74) is 0.155. The molecule has 0 aromatic heterocycles. The molecule has 1 atom stereocenters. The van der Waals surface area contributed by atoms with E-state index in [0.29, 0.717) is 11.8 Å². The summed E-state index contributed by atoms with van der Waals surface area (Å²) in [5.74, 6) is 0. The van der Waals surface area contributed by atoms with Gasteiger partial charge in [-0.3, -0.25) is 0 Å². The molecule has 1 aliphatic heterocycles. The lowest BCUT2D eigenvalue weighted by Gasteiger charge is -2.44. The van der Waals surface area contributed by atoms with E-state index >= 15 is 0 Å². The van der Waals surface area contributed by atoms with Crippen LogP contribution in [-0.4, -0.2) is 18.5 Å². The second-order valence-electron chi connectivity index (χ2n) is 6.60. The van der Waals surface area contributed by atoms with Gasteiger partial charge in [0.15, 0.2) is 6.29 Å². The van der Waals surface area contributed by atoms with Gasteiger partial charge in [0.25, 0.3) is 0 Å². The molecular weight excluding hydrogens is 226 g/mol. The molecule has 2 fully saturated rings. The SMILES string of the molecule is CC1(C)CCC(CC#N)(OC2CCCCO2)CC1. The molecule has 0 aromatic rings. The summed E-state index contributed by atoms with van der Waals surface area (Å²) in [4.78, 5) is 0. The van der Waals surface area contributed by atoms with Gasteiger partial charge in [-0.05, 0) is 50.4 Å². The molecule has 0 aromatic carbocycles. The first kappa shape index (κ1) is 13.8. The third-order valence-corrected chi connectivity index (χ3v) is 4.44. The van der Waals surface area contributed by atoms with Crippen molar-refractivity contribution in [2.75, 3.05) is 6.61 Å². The third kappa shape index (κ3) is 3.46. The molecule has 2 rings (SSSR count). The fourth-order valence-electron chi connectivity index (χ4n) is 2.95. The molecule has 2 aliphatic rings. The van der Waals surface area contributed by atoms with Gasteiger partial charge in [0.2, 0.25) is 0 Å². The molecule has 102 valence electrons. The fourth-order valence-corrected chi connectivity index (χ4v) is 2.95. The Bertz CT molecular complexity index is 303. The molecule has 3 heteroatoms. The Labute approximate surface area is 110 Å². The third-order valence-electron chi connectivity index (χ3n) is 4.44. The van der Waals surface area contributed by atoms with E-state index in [1.54, 1.807) is 0 Å². The van der Waals surface area contributed by atoms with Crippen molar-refractivity contribution in [2.24, 2.45) is 5.41 Å². The highest BCUT2D eigenvalue weighted by molar-refractivity contribution is 4.96. The highest BCUT2D eigenvalue weighted by Gasteiger charge is 2.41. The van der Waals surface area contributed by atoms with Crippen molar-refractivity contribution < 1.29 is 9.47 Å². The maximum atomic E-state index is 9.07. The topological polar surface area (TPSA) is 42.2 Å². The molecule has 0 radical (unpaired) electrons. The summed E-state index contributed by atoms with van der Waals surface area (Å²) in [5, 5.41) is 9.07. The zero-order valence-corrected chi connectivity index (χ0v) is 11.7. The molecule has 0 bridgehead atoms. The van der Waals surface area contributed by atoms with Crippen molar-refractivity contribution in [3.63, 3.8) is 0 Å². The predicted octanol–water partition coefficient (Wildman–Crippen LogP) is 3.78. The molecule has 1 unspecified atom stereocenters. The zero-order valence-electron chi connectivity index (χ0n) is 11.7. The Morgan fingerprint density at radius 2 is 1.94 bits per heavy atom. The molecule has 1 aliphatic carbocycles. The molecule has 0 N–H and O–H groups in total. The molecule has 3 nitrogen and oxygen atoms in total. The Hall–Kier alpha value is -0.590. The normalized spacial score (nSPS) is 30.6. The average Bonchev–Trinajstić information content (AvgIpc) is 2.35. The minimum atomic E-state index is -0.244. The van der Waals surface area contributed by atoms with Crippen molar-refractivity contribution in [2.45, 2.75) is 77.1 Å². The number of rotatable bonds is 3. The van der Waals surface area contributed by atoms with Crippen molar-refractivity contribution in [3.8, 4) is 6.07 Å². The van der Waals surface area contributed by atoms with Crippen LogP contribution in [0, 0.1) is 16.7 Å². The van der Waals surface area contributed by atoms with E-state index in [9.17, 15) is 0 Å². The standard InChI is InChI=1S/C15H25NO2/c1-14(2)6-8-15(9-7-14,10-11-16)18-13-5-3-4-12-17-13/h13H,3-10,12H2,1-2H3. The first-order chi connectivity index (χ1) is 8.55. The number of hydrogen-bond acceptors (Lipinski definition) is 3. The highest BCUT2D eigenvalue weighted by atomic mass is 16.7. The van der Waals surface area contributed by atoms with Gasteiger partial charge in [-0.2, -0.15) is 5.26 Å². The first-order valence-electron chi connectivity index (χ1n) is 7.22. The molecule has 1 saturated carbocycles. The van der Waals surface area contributed by atoms with Crippen LogP contribution in [0.15, 0.2) is 0 Å². The lowest BCUT2D eigenvalue weighted by Crippen LogP contribution is -2.43. The van der Waals surface area contributed by atoms with E-state index in [1.165, 1.54) is 6.42 Å². The van der Waals surface area contributed by atoms with Crippen LogP contribution in [0.2, 0.25) is 0 Å². The highest BCUT2D eigenvalue weighted by Crippen LogP contribution is 2.44. The largest absolute Gasteiger partial charge is 0.353 e. The lowest BCUT2D eigenvalue weighted by molar-refractivity contribution is -0.236. The van der Waals surface area contributed by atoms with Crippen molar-refractivity contribution in [1.29, 1.82) is 5.26 Å². The molecule has 1 saturated heterocycles. The van der Waals surface area contributed by atoms with E-state index in [0.717, 1.165) is 45.1 Å². The Morgan fingerprint density at radius 3 is 2.50 bits per heavy atom. The fraction of sp³-hybridized carbons (Fsp3) is 0.933. The number of hydrogen-bond donors (Lipinski definition) is 0. The summed E-state index contributed by atoms with van der Waals surface area (Å²) in [6.45, 7) is 5.42. The number of nitrogens with zero attached hydrogens (tertiary/aromatic N) is 1. The van der Waals surface area contributed by atoms with Gasteiger partial charge in [-0.25, -0.2) is 0 Å². The second kappa shape index (κ2) is 5.59. The molecule has 1 heterocycles. The van der Waals surface area contributed by atoms with Crippen molar-refractivity contribution in [1.82, 2.24) is 0 Å². The van der Waals surface area contributed by atoms with Gasteiger partial charge in [-0.15, -0.1) is 0 Å².